The van der Waals surface area contributed by atoms with Gasteiger partial charge in [0.05, 0.1) is 29.2 Å². The van der Waals surface area contributed by atoms with Crippen LogP contribution in [0.15, 0.2) is 0 Å². The van der Waals surface area contributed by atoms with Crippen molar-refractivity contribution in [3.63, 3.8) is 0 Å². The Labute approximate surface area is 193 Å². The molecular formula is C23H41N3O5S. The molecular weight excluding hydrogens is 430 g/mol. The molecule has 3 unspecified atom stereocenters. The van der Waals surface area contributed by atoms with Crippen molar-refractivity contribution in [1.29, 1.82) is 0 Å². The Hall–Kier alpha value is -1.35. The molecule has 3 fully saturated rings. The van der Waals surface area contributed by atoms with Crippen LogP contribution in [-0.2, 0) is 19.4 Å². The Balaban J connectivity index is 1.71. The van der Waals surface area contributed by atoms with Crippen LogP contribution in [0.1, 0.15) is 72.6 Å². The third-order valence-corrected chi connectivity index (χ3v) is 10.0. The first kappa shape index (κ1) is 25.3. The number of piperazine rings is 1. The van der Waals surface area contributed by atoms with E-state index >= 15 is 0 Å². The zero-order valence-electron chi connectivity index (χ0n) is 20.0. The Kier molecular flexibility index (Phi) is 8.12. The van der Waals surface area contributed by atoms with Crippen molar-refractivity contribution in [3.8, 4) is 0 Å². The molecule has 3 rings (SSSR count). The maximum atomic E-state index is 12.9. The Morgan fingerprint density at radius 1 is 1.03 bits per heavy atom. The zero-order valence-corrected chi connectivity index (χ0v) is 20.9. The number of amides is 2. The highest BCUT2D eigenvalue weighted by Gasteiger charge is 2.48. The van der Waals surface area contributed by atoms with Crippen molar-refractivity contribution in [1.82, 2.24) is 9.80 Å². The highest BCUT2D eigenvalue weighted by Crippen LogP contribution is 2.43. The van der Waals surface area contributed by atoms with E-state index in [2.05, 4.69) is 0 Å². The van der Waals surface area contributed by atoms with Crippen LogP contribution in [0.25, 0.3) is 0 Å². The van der Waals surface area contributed by atoms with Gasteiger partial charge >= 0.3 is 6.09 Å². The van der Waals surface area contributed by atoms with Gasteiger partial charge in [0.25, 0.3) is 0 Å². The number of nitrogens with zero attached hydrogens (tertiary/aromatic N) is 2. The molecule has 9 heteroatoms. The molecule has 8 nitrogen and oxygen atoms in total. The fourth-order valence-corrected chi connectivity index (χ4v) is 8.01. The van der Waals surface area contributed by atoms with Crippen molar-refractivity contribution < 1.29 is 22.7 Å². The molecule has 0 aromatic heterocycles. The van der Waals surface area contributed by atoms with Crippen LogP contribution in [0.4, 0.5) is 4.79 Å². The third kappa shape index (κ3) is 5.41. The van der Waals surface area contributed by atoms with Crippen LogP contribution in [0, 0.1) is 11.8 Å². The Morgan fingerprint density at radius 2 is 1.66 bits per heavy atom. The van der Waals surface area contributed by atoms with Gasteiger partial charge in [-0.05, 0) is 77.6 Å². The quantitative estimate of drug-likeness (QED) is 0.660. The maximum absolute atomic E-state index is 12.9. The monoisotopic (exact) mass is 471 g/mol. The number of hydrogen-bond donors (Lipinski definition) is 1. The normalized spacial score (nSPS) is 33.7. The summed E-state index contributed by atoms with van der Waals surface area (Å²) >= 11 is 0. The summed E-state index contributed by atoms with van der Waals surface area (Å²) in [6, 6.07) is -0.0551. The second kappa shape index (κ2) is 10.3. The fourth-order valence-electron chi connectivity index (χ4n) is 6.36. The summed E-state index contributed by atoms with van der Waals surface area (Å²) in [4.78, 5) is 29.1. The summed E-state index contributed by atoms with van der Waals surface area (Å²) in [5, 5.41) is -0.264. The Morgan fingerprint density at radius 3 is 2.22 bits per heavy atom. The van der Waals surface area contributed by atoms with Gasteiger partial charge in [0.2, 0.25) is 5.91 Å². The first-order valence-electron chi connectivity index (χ1n) is 12.2. The van der Waals surface area contributed by atoms with Crippen LogP contribution in [0.5, 0.6) is 0 Å². The van der Waals surface area contributed by atoms with E-state index in [1.54, 1.807) is 6.92 Å². The molecule has 0 bridgehead atoms. The van der Waals surface area contributed by atoms with E-state index in [9.17, 15) is 18.0 Å². The molecule has 184 valence electrons. The number of rotatable bonds is 5. The highest BCUT2D eigenvalue weighted by atomic mass is 32.2. The van der Waals surface area contributed by atoms with Gasteiger partial charge in [-0.3, -0.25) is 4.79 Å². The van der Waals surface area contributed by atoms with Crippen molar-refractivity contribution in [2.75, 3.05) is 18.8 Å². The number of fused-ring (bicyclic) bond motifs is 1. The minimum absolute atomic E-state index is 0.0217. The summed E-state index contributed by atoms with van der Waals surface area (Å²) in [7, 11) is -3.10. The van der Waals surface area contributed by atoms with Crippen molar-refractivity contribution >= 4 is 21.8 Å². The standard InChI is InChI=1S/C23H41N3O5S/c1-15(2)31-23(28)25-14-16(3)26(17(4)27)21-10-7-19(13-22(21)25)18-5-8-20(9-6-18)32(29,30)12-11-24/h15-16,18-22H,5-14,24H2,1-4H3/t16-,18?,19?,20?,21?,22?/m0/s1. The minimum Gasteiger partial charge on any atom is -0.447 e. The topological polar surface area (TPSA) is 110 Å². The number of carbonyl (C=O) groups excluding carboxylic acids is 2. The van der Waals surface area contributed by atoms with Crippen LogP contribution >= 0.6 is 0 Å². The molecule has 1 saturated heterocycles. The molecule has 0 aromatic rings. The highest BCUT2D eigenvalue weighted by molar-refractivity contribution is 7.92. The van der Waals surface area contributed by atoms with E-state index in [-0.39, 0.29) is 53.8 Å². The minimum atomic E-state index is -3.10. The second-order valence-electron chi connectivity index (χ2n) is 10.3. The summed E-state index contributed by atoms with van der Waals surface area (Å²) in [6.45, 7) is 7.99. The SMILES string of the molecule is CC(=O)N1C2CCC(C3CCC(S(=O)(=O)CCN)CC3)CC2N(C(=O)OC(C)C)C[C@@H]1C. The largest absolute Gasteiger partial charge is 0.447 e. The van der Waals surface area contributed by atoms with Crippen LogP contribution in [0.3, 0.4) is 0 Å². The molecule has 4 atom stereocenters. The summed E-state index contributed by atoms with van der Waals surface area (Å²) in [5.41, 5.74) is 5.49. The van der Waals surface area contributed by atoms with Crippen molar-refractivity contribution in [3.05, 3.63) is 0 Å². The molecule has 2 N–H and O–H groups in total. The van der Waals surface area contributed by atoms with Gasteiger partial charge in [-0.25, -0.2) is 13.2 Å². The lowest BCUT2D eigenvalue weighted by Gasteiger charge is -2.54. The predicted octanol–water partition coefficient (Wildman–Crippen LogP) is 2.55. The van der Waals surface area contributed by atoms with Gasteiger partial charge in [0, 0.05) is 26.1 Å². The van der Waals surface area contributed by atoms with Gasteiger partial charge in [-0.1, -0.05) is 0 Å². The summed E-state index contributed by atoms with van der Waals surface area (Å²) in [5.74, 6) is 1.04. The number of nitrogens with two attached hydrogens (primary N) is 1. The fraction of sp³-hybridized carbons (Fsp3) is 0.913. The molecule has 0 radical (unpaired) electrons. The summed E-state index contributed by atoms with van der Waals surface area (Å²) in [6.07, 6.45) is 5.46. The number of carbonyl (C=O) groups is 2. The summed E-state index contributed by atoms with van der Waals surface area (Å²) < 4.78 is 30.4. The molecule has 3 aliphatic rings. The van der Waals surface area contributed by atoms with E-state index in [0.717, 1.165) is 32.1 Å². The molecule has 2 saturated carbocycles. The molecule has 0 aromatic carbocycles. The van der Waals surface area contributed by atoms with Gasteiger partial charge in [0.15, 0.2) is 9.84 Å². The molecule has 1 aliphatic heterocycles. The first-order valence-corrected chi connectivity index (χ1v) is 13.9. The number of hydrogen-bond acceptors (Lipinski definition) is 6. The van der Waals surface area contributed by atoms with Crippen LogP contribution in [-0.4, -0.2) is 78.5 Å². The van der Waals surface area contributed by atoms with Crippen molar-refractivity contribution in [2.45, 2.75) is 102 Å². The van der Waals surface area contributed by atoms with E-state index in [0.29, 0.717) is 31.2 Å². The van der Waals surface area contributed by atoms with Gasteiger partial charge in [-0.2, -0.15) is 0 Å². The maximum Gasteiger partial charge on any atom is 0.410 e. The average Bonchev–Trinajstić information content (AvgIpc) is 2.72. The second-order valence-corrected chi connectivity index (χ2v) is 12.7. The lowest BCUT2D eigenvalue weighted by atomic mass is 9.69. The zero-order chi connectivity index (χ0) is 23.6. The predicted molar refractivity (Wildman–Crippen MR) is 124 cm³/mol. The lowest BCUT2D eigenvalue weighted by molar-refractivity contribution is -0.142. The van der Waals surface area contributed by atoms with E-state index in [1.165, 1.54) is 0 Å². The van der Waals surface area contributed by atoms with Gasteiger partial charge < -0.3 is 20.3 Å². The first-order chi connectivity index (χ1) is 15.0. The van der Waals surface area contributed by atoms with E-state index in [1.807, 2.05) is 30.6 Å². The van der Waals surface area contributed by atoms with Crippen LogP contribution in [0.2, 0.25) is 0 Å². The average molecular weight is 472 g/mol. The smallest absolute Gasteiger partial charge is 0.410 e. The molecule has 2 amide bonds. The van der Waals surface area contributed by atoms with Crippen LogP contribution < -0.4 is 5.73 Å². The van der Waals surface area contributed by atoms with E-state index < -0.39 is 9.84 Å². The van der Waals surface area contributed by atoms with Gasteiger partial charge in [0.1, 0.15) is 0 Å². The number of sulfone groups is 1. The molecule has 32 heavy (non-hydrogen) atoms. The molecule has 2 aliphatic carbocycles. The third-order valence-electron chi connectivity index (χ3n) is 7.75. The van der Waals surface area contributed by atoms with E-state index in [4.69, 9.17) is 10.5 Å². The Bertz CT molecular complexity index is 779. The number of ether oxygens (including phenoxy) is 1. The molecule has 0 spiro atoms. The van der Waals surface area contributed by atoms with Crippen molar-refractivity contribution in [2.24, 2.45) is 17.6 Å². The molecule has 1 heterocycles. The van der Waals surface area contributed by atoms with Gasteiger partial charge in [-0.15, -0.1) is 0 Å². The lowest BCUT2D eigenvalue weighted by Crippen LogP contribution is -2.67.